The van der Waals surface area contributed by atoms with Crippen LogP contribution in [0.25, 0.3) is 11.0 Å². The van der Waals surface area contributed by atoms with Crippen molar-refractivity contribution in [3.8, 4) is 0 Å². The Hall–Kier alpha value is -1.88. The first-order valence-electron chi connectivity index (χ1n) is 8.95. The Morgan fingerprint density at radius 3 is 2.67 bits per heavy atom. The topological polar surface area (TPSA) is 50.2 Å². The lowest BCUT2D eigenvalue weighted by Gasteiger charge is -2.30. The molecule has 2 heterocycles. The minimum atomic E-state index is -0.0553. The van der Waals surface area contributed by atoms with Crippen LogP contribution in [-0.4, -0.2) is 33.4 Å². The van der Waals surface area contributed by atoms with Crippen LogP contribution in [0.1, 0.15) is 52.4 Å². The summed E-state index contributed by atoms with van der Waals surface area (Å²) in [6.07, 6.45) is 2.54. The van der Waals surface area contributed by atoms with Gasteiger partial charge in [0.25, 0.3) is 0 Å². The SMILES string of the molecule is CC(=O)Nc1ccc2c(c1)nc(CN1CCC(C)CC1)n2C(C)C. The molecule has 2 aromatic rings. The zero-order chi connectivity index (χ0) is 17.3. The number of nitrogens with zero attached hydrogens (tertiary/aromatic N) is 3. The van der Waals surface area contributed by atoms with Crippen LogP contribution in [0.15, 0.2) is 18.2 Å². The van der Waals surface area contributed by atoms with Crippen molar-refractivity contribution in [3.05, 3.63) is 24.0 Å². The maximum absolute atomic E-state index is 11.3. The van der Waals surface area contributed by atoms with Crippen molar-refractivity contribution in [2.75, 3.05) is 18.4 Å². The Kier molecular flexibility index (Phi) is 4.90. The molecule has 0 spiro atoms. The number of fused-ring (bicyclic) bond motifs is 1. The molecule has 0 bridgehead atoms. The Morgan fingerprint density at radius 2 is 2.04 bits per heavy atom. The van der Waals surface area contributed by atoms with Crippen molar-refractivity contribution < 1.29 is 4.79 Å². The second-order valence-electron chi connectivity index (χ2n) is 7.34. The van der Waals surface area contributed by atoms with Gasteiger partial charge in [0.1, 0.15) is 5.82 Å². The molecule has 1 aliphatic heterocycles. The van der Waals surface area contributed by atoms with E-state index in [9.17, 15) is 4.79 Å². The minimum absolute atomic E-state index is 0.0553. The fraction of sp³-hybridized carbons (Fsp3) is 0.579. The molecule has 24 heavy (non-hydrogen) atoms. The van der Waals surface area contributed by atoms with Crippen molar-refractivity contribution in [3.63, 3.8) is 0 Å². The summed E-state index contributed by atoms with van der Waals surface area (Å²) in [6, 6.07) is 6.35. The van der Waals surface area contributed by atoms with E-state index in [1.165, 1.54) is 19.8 Å². The van der Waals surface area contributed by atoms with E-state index in [0.717, 1.165) is 48.1 Å². The van der Waals surface area contributed by atoms with Crippen molar-refractivity contribution >= 4 is 22.6 Å². The van der Waals surface area contributed by atoms with Gasteiger partial charge in [-0.05, 0) is 63.9 Å². The molecular weight excluding hydrogens is 300 g/mol. The highest BCUT2D eigenvalue weighted by molar-refractivity contribution is 5.91. The quantitative estimate of drug-likeness (QED) is 0.928. The first-order valence-corrected chi connectivity index (χ1v) is 8.95. The number of imidazole rings is 1. The number of rotatable bonds is 4. The van der Waals surface area contributed by atoms with E-state index >= 15 is 0 Å². The van der Waals surface area contributed by atoms with Crippen LogP contribution in [0.2, 0.25) is 0 Å². The number of hydrogen-bond donors (Lipinski definition) is 1. The van der Waals surface area contributed by atoms with Gasteiger partial charge in [-0.1, -0.05) is 6.92 Å². The lowest BCUT2D eigenvalue weighted by molar-refractivity contribution is -0.114. The zero-order valence-corrected chi connectivity index (χ0v) is 15.2. The number of amides is 1. The highest BCUT2D eigenvalue weighted by atomic mass is 16.1. The fourth-order valence-electron chi connectivity index (χ4n) is 3.54. The summed E-state index contributed by atoms with van der Waals surface area (Å²) in [5, 5.41) is 2.84. The van der Waals surface area contributed by atoms with Gasteiger partial charge >= 0.3 is 0 Å². The van der Waals surface area contributed by atoms with Gasteiger partial charge in [0.2, 0.25) is 5.91 Å². The van der Waals surface area contributed by atoms with Crippen LogP contribution in [0.3, 0.4) is 0 Å². The summed E-state index contributed by atoms with van der Waals surface area (Å²) in [7, 11) is 0. The summed E-state index contributed by atoms with van der Waals surface area (Å²) in [4.78, 5) is 18.7. The number of nitrogens with one attached hydrogen (secondary N) is 1. The summed E-state index contributed by atoms with van der Waals surface area (Å²) >= 11 is 0. The van der Waals surface area contributed by atoms with Gasteiger partial charge in [0.15, 0.2) is 0 Å². The first-order chi connectivity index (χ1) is 11.4. The molecule has 1 saturated heterocycles. The molecule has 1 aliphatic rings. The molecule has 130 valence electrons. The average Bonchev–Trinajstić information content (AvgIpc) is 2.86. The van der Waals surface area contributed by atoms with Gasteiger partial charge < -0.3 is 9.88 Å². The number of aromatic nitrogens is 2. The first kappa shape index (κ1) is 17.0. The average molecular weight is 328 g/mol. The third-order valence-electron chi connectivity index (χ3n) is 4.84. The Labute approximate surface area is 144 Å². The van der Waals surface area contributed by atoms with Crippen LogP contribution >= 0.6 is 0 Å². The molecule has 0 unspecified atom stereocenters. The minimum Gasteiger partial charge on any atom is -0.326 e. The van der Waals surface area contributed by atoms with Crippen molar-refractivity contribution in [2.45, 2.75) is 53.1 Å². The number of benzene rings is 1. The van der Waals surface area contributed by atoms with Gasteiger partial charge in [-0.2, -0.15) is 0 Å². The molecule has 1 aromatic heterocycles. The van der Waals surface area contributed by atoms with Gasteiger partial charge in [0, 0.05) is 18.7 Å². The Morgan fingerprint density at radius 1 is 1.33 bits per heavy atom. The van der Waals surface area contributed by atoms with E-state index in [1.54, 1.807) is 0 Å². The molecule has 0 atom stereocenters. The number of carbonyl (C=O) groups is 1. The van der Waals surface area contributed by atoms with E-state index in [-0.39, 0.29) is 5.91 Å². The molecular formula is C19H28N4O. The lowest BCUT2D eigenvalue weighted by Crippen LogP contribution is -2.33. The zero-order valence-electron chi connectivity index (χ0n) is 15.2. The molecule has 1 N–H and O–H groups in total. The van der Waals surface area contributed by atoms with Gasteiger partial charge in [-0.3, -0.25) is 9.69 Å². The predicted molar refractivity (Wildman–Crippen MR) is 98.1 cm³/mol. The maximum Gasteiger partial charge on any atom is 0.221 e. The number of carbonyl (C=O) groups excluding carboxylic acids is 1. The van der Waals surface area contributed by atoms with E-state index in [0.29, 0.717) is 6.04 Å². The second kappa shape index (κ2) is 6.93. The normalized spacial score (nSPS) is 16.9. The maximum atomic E-state index is 11.3. The van der Waals surface area contributed by atoms with Crippen LogP contribution in [0.4, 0.5) is 5.69 Å². The van der Waals surface area contributed by atoms with Gasteiger partial charge in [0.05, 0.1) is 17.6 Å². The van der Waals surface area contributed by atoms with Crippen molar-refractivity contribution in [2.24, 2.45) is 5.92 Å². The van der Waals surface area contributed by atoms with E-state index in [1.807, 2.05) is 12.1 Å². The molecule has 1 fully saturated rings. The molecule has 5 nitrogen and oxygen atoms in total. The van der Waals surface area contributed by atoms with E-state index in [4.69, 9.17) is 4.98 Å². The summed E-state index contributed by atoms with van der Waals surface area (Å²) in [6.45, 7) is 11.5. The Balaban J connectivity index is 1.91. The molecule has 5 heteroatoms. The highest BCUT2D eigenvalue weighted by Crippen LogP contribution is 2.26. The highest BCUT2D eigenvalue weighted by Gasteiger charge is 2.20. The van der Waals surface area contributed by atoms with Gasteiger partial charge in [-0.25, -0.2) is 4.98 Å². The van der Waals surface area contributed by atoms with Crippen LogP contribution in [-0.2, 0) is 11.3 Å². The number of likely N-dealkylation sites (tertiary alicyclic amines) is 1. The molecule has 0 saturated carbocycles. The third kappa shape index (κ3) is 3.61. The summed E-state index contributed by atoms with van der Waals surface area (Å²) in [5.74, 6) is 1.90. The monoisotopic (exact) mass is 328 g/mol. The molecule has 3 rings (SSSR count). The van der Waals surface area contributed by atoms with E-state index < -0.39 is 0 Å². The van der Waals surface area contributed by atoms with E-state index in [2.05, 4.69) is 41.6 Å². The summed E-state index contributed by atoms with van der Waals surface area (Å²) in [5.41, 5.74) is 2.90. The number of piperidine rings is 1. The van der Waals surface area contributed by atoms with Gasteiger partial charge in [-0.15, -0.1) is 0 Å². The number of anilines is 1. The molecule has 0 aliphatic carbocycles. The number of hydrogen-bond acceptors (Lipinski definition) is 3. The van der Waals surface area contributed by atoms with Crippen LogP contribution < -0.4 is 5.32 Å². The van der Waals surface area contributed by atoms with Crippen molar-refractivity contribution in [1.29, 1.82) is 0 Å². The second-order valence-corrected chi connectivity index (χ2v) is 7.34. The third-order valence-corrected chi connectivity index (χ3v) is 4.84. The van der Waals surface area contributed by atoms with Crippen LogP contribution in [0.5, 0.6) is 0 Å². The standard InChI is InChI=1S/C19H28N4O/c1-13(2)23-18-6-5-16(20-15(4)24)11-17(18)21-19(23)12-22-9-7-14(3)8-10-22/h5-6,11,13-14H,7-10,12H2,1-4H3,(H,20,24). The Bertz CT molecular complexity index is 726. The lowest BCUT2D eigenvalue weighted by atomic mass is 9.99. The largest absolute Gasteiger partial charge is 0.326 e. The van der Waals surface area contributed by atoms with Crippen LogP contribution in [0, 0.1) is 5.92 Å². The molecule has 1 aromatic carbocycles. The molecule has 1 amide bonds. The summed E-state index contributed by atoms with van der Waals surface area (Å²) < 4.78 is 2.32. The smallest absolute Gasteiger partial charge is 0.221 e. The molecule has 0 radical (unpaired) electrons. The fourth-order valence-corrected chi connectivity index (χ4v) is 3.54. The van der Waals surface area contributed by atoms with Crippen molar-refractivity contribution in [1.82, 2.24) is 14.5 Å². The predicted octanol–water partition coefficient (Wildman–Crippen LogP) is 3.81.